The fraction of sp³-hybridized carbons (Fsp3) is 0.500. The SMILES string of the molecule is CC(CNCC(C)(C)C(=O)O)n1c(Nc2cccc(C(F)(F)F)c2)nc2cnc(NC(C)(C)C)nc21. The minimum atomic E-state index is -4.48. The molecule has 9 nitrogen and oxygen atoms in total. The summed E-state index contributed by atoms with van der Waals surface area (Å²) in [6.45, 7) is 11.6. The van der Waals surface area contributed by atoms with E-state index in [1.807, 2.05) is 27.7 Å². The number of rotatable bonds is 9. The third kappa shape index (κ3) is 6.62. The Morgan fingerprint density at radius 2 is 1.83 bits per heavy atom. The molecule has 4 N–H and O–H groups in total. The number of hydrogen-bond acceptors (Lipinski definition) is 7. The first kappa shape index (κ1) is 27.2. The summed E-state index contributed by atoms with van der Waals surface area (Å²) < 4.78 is 41.5. The van der Waals surface area contributed by atoms with Gasteiger partial charge < -0.3 is 21.1 Å². The third-order valence-corrected chi connectivity index (χ3v) is 5.39. The topological polar surface area (TPSA) is 117 Å². The lowest BCUT2D eigenvalue weighted by molar-refractivity contribution is -0.146. The summed E-state index contributed by atoms with van der Waals surface area (Å²) in [5.74, 6) is -0.250. The van der Waals surface area contributed by atoms with Gasteiger partial charge in [0.15, 0.2) is 5.65 Å². The van der Waals surface area contributed by atoms with E-state index in [1.165, 1.54) is 12.1 Å². The zero-order valence-electron chi connectivity index (χ0n) is 21.2. The molecule has 0 saturated heterocycles. The molecule has 0 aliphatic rings. The molecular weight excluding hydrogens is 475 g/mol. The van der Waals surface area contributed by atoms with Gasteiger partial charge in [-0.25, -0.2) is 9.97 Å². The molecule has 12 heteroatoms. The Kier molecular flexibility index (Phi) is 7.49. The highest BCUT2D eigenvalue weighted by atomic mass is 19.4. The van der Waals surface area contributed by atoms with Gasteiger partial charge in [0.2, 0.25) is 11.9 Å². The molecule has 0 spiro atoms. The van der Waals surface area contributed by atoms with Crippen LogP contribution >= 0.6 is 0 Å². The lowest BCUT2D eigenvalue weighted by Crippen LogP contribution is -2.38. The smallest absolute Gasteiger partial charge is 0.416 e. The van der Waals surface area contributed by atoms with Gasteiger partial charge >= 0.3 is 12.1 Å². The average molecular weight is 508 g/mol. The van der Waals surface area contributed by atoms with Crippen LogP contribution in [0.2, 0.25) is 0 Å². The summed E-state index contributed by atoms with van der Waals surface area (Å²) in [5.41, 5.74) is -0.888. The van der Waals surface area contributed by atoms with Crippen LogP contribution in [0.15, 0.2) is 30.5 Å². The van der Waals surface area contributed by atoms with Gasteiger partial charge in [-0.15, -0.1) is 0 Å². The van der Waals surface area contributed by atoms with E-state index in [1.54, 1.807) is 24.6 Å². The van der Waals surface area contributed by atoms with Crippen LogP contribution in [0, 0.1) is 5.41 Å². The molecule has 0 bridgehead atoms. The fourth-order valence-electron chi connectivity index (χ4n) is 3.46. The summed E-state index contributed by atoms with van der Waals surface area (Å²) in [6, 6.07) is 4.57. The molecule has 1 aromatic carbocycles. The first-order valence-electron chi connectivity index (χ1n) is 11.5. The van der Waals surface area contributed by atoms with Gasteiger partial charge in [0.25, 0.3) is 0 Å². The van der Waals surface area contributed by atoms with Gasteiger partial charge in [0, 0.05) is 30.4 Å². The van der Waals surface area contributed by atoms with Crippen molar-refractivity contribution >= 4 is 34.7 Å². The van der Waals surface area contributed by atoms with Crippen LogP contribution in [-0.4, -0.2) is 49.2 Å². The van der Waals surface area contributed by atoms with Crippen LogP contribution in [0.25, 0.3) is 11.2 Å². The van der Waals surface area contributed by atoms with E-state index in [0.29, 0.717) is 29.6 Å². The first-order chi connectivity index (χ1) is 16.6. The number of alkyl halides is 3. The van der Waals surface area contributed by atoms with Crippen molar-refractivity contribution in [2.45, 2.75) is 59.3 Å². The second-order valence-corrected chi connectivity index (χ2v) is 10.5. The Hall–Kier alpha value is -3.41. The summed E-state index contributed by atoms with van der Waals surface area (Å²) in [6.07, 6.45) is -2.93. The molecule has 1 unspecified atom stereocenters. The van der Waals surface area contributed by atoms with Gasteiger partial charge in [0.1, 0.15) is 5.52 Å². The zero-order valence-corrected chi connectivity index (χ0v) is 21.2. The molecule has 3 rings (SSSR count). The number of anilines is 3. The van der Waals surface area contributed by atoms with Crippen molar-refractivity contribution < 1.29 is 23.1 Å². The van der Waals surface area contributed by atoms with Crippen LogP contribution in [0.1, 0.15) is 53.1 Å². The van der Waals surface area contributed by atoms with Crippen LogP contribution in [-0.2, 0) is 11.0 Å². The van der Waals surface area contributed by atoms with E-state index < -0.39 is 23.1 Å². The number of aliphatic carboxylic acids is 1. The number of carbonyl (C=O) groups is 1. The van der Waals surface area contributed by atoms with Crippen LogP contribution in [0.5, 0.6) is 0 Å². The van der Waals surface area contributed by atoms with Crippen LogP contribution in [0.3, 0.4) is 0 Å². The van der Waals surface area contributed by atoms with E-state index in [-0.39, 0.29) is 23.8 Å². The molecule has 2 heterocycles. The molecule has 3 aromatic rings. The maximum absolute atomic E-state index is 13.2. The van der Waals surface area contributed by atoms with Crippen LogP contribution in [0.4, 0.5) is 30.8 Å². The highest BCUT2D eigenvalue weighted by Crippen LogP contribution is 2.32. The third-order valence-electron chi connectivity index (χ3n) is 5.39. The summed E-state index contributed by atoms with van der Waals surface area (Å²) in [5, 5.41) is 18.7. The largest absolute Gasteiger partial charge is 0.481 e. The second-order valence-electron chi connectivity index (χ2n) is 10.5. The van der Waals surface area contributed by atoms with Gasteiger partial charge in [-0.3, -0.25) is 9.36 Å². The van der Waals surface area contributed by atoms with Gasteiger partial charge in [0.05, 0.1) is 17.2 Å². The molecular formula is C24H32F3N7O2. The average Bonchev–Trinajstić information content (AvgIpc) is 3.09. The predicted octanol–water partition coefficient (Wildman–Crippen LogP) is 5.06. The van der Waals surface area contributed by atoms with Crippen molar-refractivity contribution in [1.29, 1.82) is 0 Å². The molecule has 0 saturated carbocycles. The molecule has 0 aliphatic heterocycles. The molecule has 1 atom stereocenters. The number of hydrogen-bond donors (Lipinski definition) is 4. The van der Waals surface area contributed by atoms with E-state index >= 15 is 0 Å². The number of aromatic nitrogens is 4. The van der Waals surface area contributed by atoms with Crippen molar-refractivity contribution in [3.63, 3.8) is 0 Å². The molecule has 0 radical (unpaired) electrons. The van der Waals surface area contributed by atoms with E-state index in [9.17, 15) is 23.1 Å². The molecule has 0 aliphatic carbocycles. The Balaban J connectivity index is 1.99. The van der Waals surface area contributed by atoms with Gasteiger partial charge in [-0.1, -0.05) is 6.07 Å². The van der Waals surface area contributed by atoms with Gasteiger partial charge in [-0.2, -0.15) is 18.2 Å². The van der Waals surface area contributed by atoms with E-state index in [2.05, 4.69) is 30.9 Å². The highest BCUT2D eigenvalue weighted by molar-refractivity contribution is 5.77. The number of carboxylic acid groups (broad SMARTS) is 1. The maximum atomic E-state index is 13.2. The Morgan fingerprint density at radius 1 is 1.14 bits per heavy atom. The Labute approximate surface area is 207 Å². The maximum Gasteiger partial charge on any atom is 0.416 e. The van der Waals surface area contributed by atoms with Crippen molar-refractivity contribution in [3.8, 4) is 0 Å². The predicted molar refractivity (Wildman–Crippen MR) is 132 cm³/mol. The number of fused-ring (bicyclic) bond motifs is 1. The van der Waals surface area contributed by atoms with Crippen molar-refractivity contribution in [3.05, 3.63) is 36.0 Å². The molecule has 0 amide bonds. The van der Waals surface area contributed by atoms with Crippen LogP contribution < -0.4 is 16.0 Å². The van der Waals surface area contributed by atoms with Gasteiger partial charge in [-0.05, 0) is 59.7 Å². The minimum Gasteiger partial charge on any atom is -0.481 e. The molecule has 36 heavy (non-hydrogen) atoms. The Bertz CT molecular complexity index is 1230. The zero-order chi connectivity index (χ0) is 26.9. The number of nitrogens with one attached hydrogen (secondary N) is 3. The van der Waals surface area contributed by atoms with Crippen molar-refractivity contribution in [1.82, 2.24) is 24.8 Å². The molecule has 0 fully saturated rings. The second kappa shape index (κ2) is 9.92. The fourth-order valence-corrected chi connectivity index (χ4v) is 3.46. The lowest BCUT2D eigenvalue weighted by atomic mass is 9.94. The molecule has 2 aromatic heterocycles. The van der Waals surface area contributed by atoms with E-state index in [4.69, 9.17) is 0 Å². The van der Waals surface area contributed by atoms with Crippen molar-refractivity contribution in [2.24, 2.45) is 5.41 Å². The number of benzene rings is 1. The minimum absolute atomic E-state index is 0.217. The monoisotopic (exact) mass is 507 g/mol. The standard InChI is InChI=1S/C24H32F3N7O2/c1-14(11-28-13-23(5,6)19(35)36)34-18-17(12-29-20(32-18)33-22(2,3)4)31-21(34)30-16-9-7-8-15(10-16)24(25,26)27/h7-10,12,14,28H,11,13H2,1-6H3,(H,30,31)(H,35,36)(H,29,32,33). The summed E-state index contributed by atoms with van der Waals surface area (Å²) in [4.78, 5) is 24.9. The van der Waals surface area contributed by atoms with E-state index in [0.717, 1.165) is 12.1 Å². The number of nitrogens with zero attached hydrogens (tertiary/aromatic N) is 4. The number of halogens is 3. The Morgan fingerprint density at radius 3 is 2.44 bits per heavy atom. The lowest BCUT2D eigenvalue weighted by Gasteiger charge is -2.23. The first-order valence-corrected chi connectivity index (χ1v) is 11.5. The molecule has 196 valence electrons. The normalized spacial score (nSPS) is 13.6. The quantitative estimate of drug-likeness (QED) is 0.318. The number of carboxylic acids is 1. The highest BCUT2D eigenvalue weighted by Gasteiger charge is 2.31. The summed E-state index contributed by atoms with van der Waals surface area (Å²) in [7, 11) is 0. The number of imidazole rings is 1. The van der Waals surface area contributed by atoms with Crippen molar-refractivity contribution in [2.75, 3.05) is 23.7 Å². The summed E-state index contributed by atoms with van der Waals surface area (Å²) >= 11 is 0.